The van der Waals surface area contributed by atoms with E-state index in [2.05, 4.69) is 0 Å². The molecule has 0 aromatic carbocycles. The van der Waals surface area contributed by atoms with Crippen LogP contribution in [0.15, 0.2) is 0 Å². The number of aliphatic hydroxyl groups excluding tert-OH is 3. The molecule has 0 aliphatic carbocycles. The number of rotatable bonds is 1. The van der Waals surface area contributed by atoms with Gasteiger partial charge in [0.2, 0.25) is 0 Å². The second-order valence-electron chi connectivity index (χ2n) is 2.90. The molecule has 12 heavy (non-hydrogen) atoms. The molecule has 5 atom stereocenters. The summed E-state index contributed by atoms with van der Waals surface area (Å²) in [6.45, 7) is 1.71. The van der Waals surface area contributed by atoms with Crippen LogP contribution in [0, 0.1) is 0 Å². The Kier molecular flexibility index (Phi) is 3.00. The molecular formula is C7H13FO4. The number of halogens is 1. The normalized spacial score (nSPS) is 49.2. The van der Waals surface area contributed by atoms with Crippen molar-refractivity contribution in [2.24, 2.45) is 0 Å². The van der Waals surface area contributed by atoms with E-state index < -0.39 is 30.8 Å². The van der Waals surface area contributed by atoms with E-state index in [0.29, 0.717) is 6.42 Å². The maximum atomic E-state index is 12.7. The lowest BCUT2D eigenvalue weighted by Crippen LogP contribution is -2.55. The zero-order valence-electron chi connectivity index (χ0n) is 6.72. The molecule has 4 nitrogen and oxygen atoms in total. The molecule has 1 aliphatic heterocycles. The number of ether oxygens (including phenoxy) is 1. The fourth-order valence-electron chi connectivity index (χ4n) is 1.25. The first-order chi connectivity index (χ1) is 5.57. The second kappa shape index (κ2) is 3.66. The Morgan fingerprint density at radius 2 is 1.83 bits per heavy atom. The molecule has 0 radical (unpaired) electrons. The molecule has 1 rings (SSSR count). The highest BCUT2D eigenvalue weighted by Gasteiger charge is 2.43. The van der Waals surface area contributed by atoms with Crippen LogP contribution in [0.1, 0.15) is 13.3 Å². The summed E-state index contributed by atoms with van der Waals surface area (Å²) in [6.07, 6.45) is -6.65. The average Bonchev–Trinajstić information content (AvgIpc) is 2.08. The SMILES string of the molecule is CC[C@H]1OC(O)[C@H](F)[C@@H](O)[C@@H]1O. The molecule has 0 bridgehead atoms. The van der Waals surface area contributed by atoms with Crippen molar-refractivity contribution in [3.8, 4) is 0 Å². The molecule has 0 amide bonds. The lowest BCUT2D eigenvalue weighted by Gasteiger charge is -2.36. The molecule has 1 fully saturated rings. The number of alkyl halides is 1. The van der Waals surface area contributed by atoms with E-state index in [0.717, 1.165) is 0 Å². The van der Waals surface area contributed by atoms with Crippen molar-refractivity contribution in [3.05, 3.63) is 0 Å². The minimum atomic E-state index is -1.93. The summed E-state index contributed by atoms with van der Waals surface area (Å²) in [4.78, 5) is 0. The molecular weight excluding hydrogens is 167 g/mol. The summed E-state index contributed by atoms with van der Waals surface area (Å²) in [5, 5.41) is 27.2. The van der Waals surface area contributed by atoms with Crippen molar-refractivity contribution in [1.82, 2.24) is 0 Å². The molecule has 1 heterocycles. The van der Waals surface area contributed by atoms with Gasteiger partial charge in [-0.2, -0.15) is 0 Å². The third kappa shape index (κ3) is 1.59. The summed E-state index contributed by atoms with van der Waals surface area (Å²) < 4.78 is 17.4. The van der Waals surface area contributed by atoms with E-state index in [9.17, 15) is 9.50 Å². The zero-order chi connectivity index (χ0) is 9.30. The Balaban J connectivity index is 2.63. The van der Waals surface area contributed by atoms with Gasteiger partial charge in [0, 0.05) is 0 Å². The molecule has 3 N–H and O–H groups in total. The Morgan fingerprint density at radius 3 is 2.33 bits per heavy atom. The first-order valence-corrected chi connectivity index (χ1v) is 3.91. The van der Waals surface area contributed by atoms with Gasteiger partial charge in [-0.05, 0) is 6.42 Å². The molecule has 0 aromatic heterocycles. The smallest absolute Gasteiger partial charge is 0.189 e. The van der Waals surface area contributed by atoms with Gasteiger partial charge in [0.1, 0.15) is 12.2 Å². The monoisotopic (exact) mass is 180 g/mol. The van der Waals surface area contributed by atoms with Crippen LogP contribution in [0.5, 0.6) is 0 Å². The lowest BCUT2D eigenvalue weighted by molar-refractivity contribution is -0.265. The van der Waals surface area contributed by atoms with Crippen LogP contribution in [0.3, 0.4) is 0 Å². The largest absolute Gasteiger partial charge is 0.388 e. The van der Waals surface area contributed by atoms with Gasteiger partial charge in [0.15, 0.2) is 12.5 Å². The standard InChI is InChI=1S/C7H13FO4/c1-2-3-5(9)6(10)4(8)7(11)12-3/h3-7,9-11H,2H2,1H3/t3-,4-,5-,6-,7?/m1/s1. The van der Waals surface area contributed by atoms with E-state index in [1.807, 2.05) is 0 Å². The van der Waals surface area contributed by atoms with Crippen molar-refractivity contribution < 1.29 is 24.4 Å². The molecule has 1 unspecified atom stereocenters. The van der Waals surface area contributed by atoms with Gasteiger partial charge in [0.05, 0.1) is 6.10 Å². The average molecular weight is 180 g/mol. The van der Waals surface area contributed by atoms with E-state index in [4.69, 9.17) is 14.9 Å². The van der Waals surface area contributed by atoms with Crippen LogP contribution in [0.4, 0.5) is 4.39 Å². The minimum absolute atomic E-state index is 0.419. The Labute approximate surface area is 69.6 Å². The third-order valence-corrected chi connectivity index (χ3v) is 2.05. The molecule has 1 aliphatic rings. The molecule has 72 valence electrons. The molecule has 0 spiro atoms. The van der Waals surface area contributed by atoms with Crippen molar-refractivity contribution in [1.29, 1.82) is 0 Å². The van der Waals surface area contributed by atoms with Crippen LogP contribution in [0.2, 0.25) is 0 Å². The highest BCUT2D eigenvalue weighted by atomic mass is 19.1. The highest BCUT2D eigenvalue weighted by Crippen LogP contribution is 2.23. The first kappa shape index (κ1) is 9.85. The van der Waals surface area contributed by atoms with E-state index in [1.165, 1.54) is 0 Å². The van der Waals surface area contributed by atoms with Gasteiger partial charge in [-0.25, -0.2) is 4.39 Å². The lowest BCUT2D eigenvalue weighted by atomic mass is 9.98. The Morgan fingerprint density at radius 1 is 1.25 bits per heavy atom. The maximum absolute atomic E-state index is 12.7. The summed E-state index contributed by atoms with van der Waals surface area (Å²) in [7, 11) is 0. The van der Waals surface area contributed by atoms with E-state index >= 15 is 0 Å². The molecule has 0 aromatic rings. The van der Waals surface area contributed by atoms with Crippen molar-refractivity contribution in [3.63, 3.8) is 0 Å². The topological polar surface area (TPSA) is 69.9 Å². The Bertz CT molecular complexity index is 150. The second-order valence-corrected chi connectivity index (χ2v) is 2.90. The van der Waals surface area contributed by atoms with Crippen LogP contribution in [0.25, 0.3) is 0 Å². The van der Waals surface area contributed by atoms with Gasteiger partial charge in [-0.1, -0.05) is 6.92 Å². The zero-order valence-corrected chi connectivity index (χ0v) is 6.72. The first-order valence-electron chi connectivity index (χ1n) is 3.91. The predicted molar refractivity (Wildman–Crippen MR) is 38.1 cm³/mol. The molecule has 5 heteroatoms. The molecule has 0 saturated carbocycles. The van der Waals surface area contributed by atoms with Crippen molar-refractivity contribution >= 4 is 0 Å². The highest BCUT2D eigenvalue weighted by molar-refractivity contribution is 4.87. The van der Waals surface area contributed by atoms with Gasteiger partial charge >= 0.3 is 0 Å². The quantitative estimate of drug-likeness (QED) is 0.493. The van der Waals surface area contributed by atoms with Crippen LogP contribution in [-0.4, -0.2) is 46.1 Å². The van der Waals surface area contributed by atoms with Crippen LogP contribution in [-0.2, 0) is 4.74 Å². The van der Waals surface area contributed by atoms with Gasteiger partial charge in [-0.3, -0.25) is 0 Å². The van der Waals surface area contributed by atoms with Crippen LogP contribution >= 0.6 is 0 Å². The van der Waals surface area contributed by atoms with E-state index in [1.54, 1.807) is 6.92 Å². The Hall–Kier alpha value is -0.230. The van der Waals surface area contributed by atoms with Gasteiger partial charge in [-0.15, -0.1) is 0 Å². The summed E-state index contributed by atoms with van der Waals surface area (Å²) in [5.41, 5.74) is 0. The maximum Gasteiger partial charge on any atom is 0.189 e. The fraction of sp³-hybridized carbons (Fsp3) is 1.00. The predicted octanol–water partition coefficient (Wildman–Crippen LogP) is -0.827. The third-order valence-electron chi connectivity index (χ3n) is 2.05. The van der Waals surface area contributed by atoms with Gasteiger partial charge in [0.25, 0.3) is 0 Å². The number of hydrogen-bond acceptors (Lipinski definition) is 4. The summed E-state index contributed by atoms with van der Waals surface area (Å²) >= 11 is 0. The number of hydrogen-bond donors (Lipinski definition) is 3. The summed E-state index contributed by atoms with van der Waals surface area (Å²) in [5.74, 6) is 0. The minimum Gasteiger partial charge on any atom is -0.388 e. The summed E-state index contributed by atoms with van der Waals surface area (Å²) in [6, 6.07) is 0. The molecule has 1 saturated heterocycles. The number of aliphatic hydroxyl groups is 3. The van der Waals surface area contributed by atoms with Crippen molar-refractivity contribution in [2.45, 2.75) is 44.1 Å². The van der Waals surface area contributed by atoms with Crippen LogP contribution < -0.4 is 0 Å². The fourth-order valence-corrected chi connectivity index (χ4v) is 1.25. The van der Waals surface area contributed by atoms with Gasteiger partial charge < -0.3 is 20.1 Å². The van der Waals surface area contributed by atoms with E-state index in [-0.39, 0.29) is 0 Å². The van der Waals surface area contributed by atoms with Crippen molar-refractivity contribution in [2.75, 3.05) is 0 Å².